The van der Waals surface area contributed by atoms with E-state index in [1.807, 2.05) is 13.8 Å². The van der Waals surface area contributed by atoms with E-state index in [0.717, 1.165) is 6.07 Å². The molecule has 2 aromatic rings. The SMILES string of the molecule is CC1=C(C(=O)OCC(C)C)C(c2ccccc2C(F)(F)F)CC(=O)N1Cc1ccccc1F. The van der Waals surface area contributed by atoms with Crippen LogP contribution in [0, 0.1) is 11.7 Å². The maximum absolute atomic E-state index is 14.2. The summed E-state index contributed by atoms with van der Waals surface area (Å²) in [6.07, 6.45) is -5.03. The monoisotopic (exact) mass is 463 g/mol. The Hall–Kier alpha value is -3.16. The van der Waals surface area contributed by atoms with Gasteiger partial charge in [0.15, 0.2) is 0 Å². The molecule has 0 fully saturated rings. The Kier molecular flexibility index (Phi) is 7.25. The number of allylic oxidation sites excluding steroid dienone is 1. The minimum absolute atomic E-state index is 0.00973. The standard InChI is InChI=1S/C25H25F4NO3/c1-15(2)14-33-24(32)23-16(3)30(13-17-8-4-7-11-21(17)26)22(31)12-19(23)18-9-5-6-10-20(18)25(27,28)29/h4-11,15,19H,12-14H2,1-3H3. The minimum atomic E-state index is -4.66. The van der Waals surface area contributed by atoms with E-state index in [1.165, 1.54) is 48.2 Å². The third-order valence-electron chi connectivity index (χ3n) is 5.52. The fourth-order valence-electron chi connectivity index (χ4n) is 3.91. The molecule has 0 aromatic heterocycles. The Morgan fingerprint density at radius 2 is 1.76 bits per heavy atom. The summed E-state index contributed by atoms with van der Waals surface area (Å²) >= 11 is 0. The summed E-state index contributed by atoms with van der Waals surface area (Å²) in [5, 5.41) is 0. The average molecular weight is 463 g/mol. The molecule has 3 rings (SSSR count). The number of hydrogen-bond donors (Lipinski definition) is 0. The van der Waals surface area contributed by atoms with Gasteiger partial charge in [-0.15, -0.1) is 0 Å². The topological polar surface area (TPSA) is 46.6 Å². The van der Waals surface area contributed by atoms with Gasteiger partial charge < -0.3 is 9.64 Å². The van der Waals surface area contributed by atoms with Crippen molar-refractivity contribution in [3.8, 4) is 0 Å². The number of nitrogens with zero attached hydrogens (tertiary/aromatic N) is 1. The summed E-state index contributed by atoms with van der Waals surface area (Å²) in [4.78, 5) is 27.3. The third-order valence-corrected chi connectivity index (χ3v) is 5.52. The number of carbonyl (C=O) groups is 2. The lowest BCUT2D eigenvalue weighted by atomic mass is 9.81. The number of ether oxygens (including phenoxy) is 1. The van der Waals surface area contributed by atoms with Crippen LogP contribution in [0.25, 0.3) is 0 Å². The predicted molar refractivity (Wildman–Crippen MR) is 114 cm³/mol. The second-order valence-corrected chi connectivity index (χ2v) is 8.40. The molecule has 0 saturated heterocycles. The number of esters is 1. The lowest BCUT2D eigenvalue weighted by molar-refractivity contribution is -0.143. The highest BCUT2D eigenvalue weighted by Crippen LogP contribution is 2.43. The Morgan fingerprint density at radius 1 is 1.12 bits per heavy atom. The molecule has 0 bridgehead atoms. The molecule has 1 heterocycles. The van der Waals surface area contributed by atoms with Crippen molar-refractivity contribution in [3.05, 3.63) is 82.3 Å². The fraction of sp³-hybridized carbons (Fsp3) is 0.360. The normalized spacial score (nSPS) is 17.0. The van der Waals surface area contributed by atoms with E-state index in [2.05, 4.69) is 0 Å². The second-order valence-electron chi connectivity index (χ2n) is 8.40. The summed E-state index contributed by atoms with van der Waals surface area (Å²) < 4.78 is 60.7. The van der Waals surface area contributed by atoms with Gasteiger partial charge in [-0.2, -0.15) is 13.2 Å². The molecule has 1 amide bonds. The van der Waals surface area contributed by atoms with Crippen molar-refractivity contribution in [2.75, 3.05) is 6.61 Å². The number of hydrogen-bond acceptors (Lipinski definition) is 3. The largest absolute Gasteiger partial charge is 0.462 e. The molecule has 1 unspecified atom stereocenters. The van der Waals surface area contributed by atoms with E-state index in [-0.39, 0.29) is 47.9 Å². The van der Waals surface area contributed by atoms with Crippen LogP contribution >= 0.6 is 0 Å². The molecular formula is C25H25F4NO3. The van der Waals surface area contributed by atoms with Gasteiger partial charge in [0.05, 0.1) is 24.3 Å². The molecule has 176 valence electrons. The Morgan fingerprint density at radius 3 is 2.39 bits per heavy atom. The molecule has 1 aliphatic rings. The summed E-state index contributed by atoms with van der Waals surface area (Å²) in [7, 11) is 0. The zero-order chi connectivity index (χ0) is 24.3. The van der Waals surface area contributed by atoms with Gasteiger partial charge in [0.1, 0.15) is 5.82 Å². The second kappa shape index (κ2) is 9.77. The van der Waals surface area contributed by atoms with Crippen molar-refractivity contribution in [2.45, 2.75) is 45.8 Å². The molecule has 0 aliphatic carbocycles. The summed E-state index contributed by atoms with van der Waals surface area (Å²) in [6.45, 7) is 5.07. The Labute approximate surface area is 189 Å². The van der Waals surface area contributed by atoms with Crippen LogP contribution in [0.15, 0.2) is 59.8 Å². The van der Waals surface area contributed by atoms with Crippen molar-refractivity contribution < 1.29 is 31.9 Å². The van der Waals surface area contributed by atoms with E-state index in [0.29, 0.717) is 0 Å². The van der Waals surface area contributed by atoms with Crippen LogP contribution < -0.4 is 0 Å². The van der Waals surface area contributed by atoms with E-state index >= 15 is 0 Å². The van der Waals surface area contributed by atoms with Gasteiger partial charge in [0, 0.05) is 23.6 Å². The molecule has 1 atom stereocenters. The quantitative estimate of drug-likeness (QED) is 0.400. The first-order valence-electron chi connectivity index (χ1n) is 10.6. The number of alkyl halides is 3. The summed E-state index contributed by atoms with van der Waals surface area (Å²) in [6, 6.07) is 10.8. The van der Waals surface area contributed by atoms with Crippen LogP contribution in [-0.4, -0.2) is 23.4 Å². The van der Waals surface area contributed by atoms with Crippen LogP contribution in [0.1, 0.15) is 49.8 Å². The van der Waals surface area contributed by atoms with Gasteiger partial charge in [-0.3, -0.25) is 4.79 Å². The molecule has 0 N–H and O–H groups in total. The molecule has 4 nitrogen and oxygen atoms in total. The molecule has 0 radical (unpaired) electrons. The van der Waals surface area contributed by atoms with Crippen LogP contribution in [0.5, 0.6) is 0 Å². The van der Waals surface area contributed by atoms with Crippen molar-refractivity contribution >= 4 is 11.9 Å². The lowest BCUT2D eigenvalue weighted by Gasteiger charge is -2.35. The first-order valence-corrected chi connectivity index (χ1v) is 10.6. The highest BCUT2D eigenvalue weighted by molar-refractivity contribution is 5.96. The van der Waals surface area contributed by atoms with Crippen molar-refractivity contribution in [1.82, 2.24) is 4.90 Å². The van der Waals surface area contributed by atoms with E-state index < -0.39 is 35.4 Å². The highest BCUT2D eigenvalue weighted by atomic mass is 19.4. The minimum Gasteiger partial charge on any atom is -0.462 e. The molecule has 0 saturated carbocycles. The first-order chi connectivity index (χ1) is 15.5. The van der Waals surface area contributed by atoms with Gasteiger partial charge in [0.25, 0.3) is 0 Å². The lowest BCUT2D eigenvalue weighted by Crippen LogP contribution is -2.38. The Balaban J connectivity index is 2.11. The number of amides is 1. The maximum atomic E-state index is 14.2. The summed E-state index contributed by atoms with van der Waals surface area (Å²) in [5.74, 6) is -2.93. The van der Waals surface area contributed by atoms with Gasteiger partial charge in [-0.05, 0) is 30.5 Å². The van der Waals surface area contributed by atoms with Crippen LogP contribution in [0.4, 0.5) is 17.6 Å². The number of carbonyl (C=O) groups excluding carboxylic acids is 2. The van der Waals surface area contributed by atoms with Crippen LogP contribution in [0.3, 0.4) is 0 Å². The average Bonchev–Trinajstić information content (AvgIpc) is 2.75. The number of benzene rings is 2. The van der Waals surface area contributed by atoms with Crippen LogP contribution in [-0.2, 0) is 27.0 Å². The maximum Gasteiger partial charge on any atom is 0.416 e. The van der Waals surface area contributed by atoms with E-state index in [1.54, 1.807) is 6.07 Å². The molecule has 2 aromatic carbocycles. The summed E-state index contributed by atoms with van der Waals surface area (Å²) in [5.41, 5.74) is -0.713. The Bertz CT molecular complexity index is 1080. The number of rotatable bonds is 6. The zero-order valence-corrected chi connectivity index (χ0v) is 18.6. The molecule has 0 spiro atoms. The molecule has 1 aliphatic heterocycles. The van der Waals surface area contributed by atoms with Crippen molar-refractivity contribution in [2.24, 2.45) is 5.92 Å². The van der Waals surface area contributed by atoms with Crippen molar-refractivity contribution in [3.63, 3.8) is 0 Å². The number of halogens is 4. The first kappa shape index (κ1) is 24.5. The van der Waals surface area contributed by atoms with E-state index in [9.17, 15) is 27.2 Å². The highest BCUT2D eigenvalue weighted by Gasteiger charge is 2.42. The zero-order valence-electron chi connectivity index (χ0n) is 18.6. The fourth-order valence-corrected chi connectivity index (χ4v) is 3.91. The van der Waals surface area contributed by atoms with Gasteiger partial charge in [-0.25, -0.2) is 9.18 Å². The molecule has 33 heavy (non-hydrogen) atoms. The van der Waals surface area contributed by atoms with Gasteiger partial charge in [-0.1, -0.05) is 50.2 Å². The van der Waals surface area contributed by atoms with Crippen LogP contribution in [0.2, 0.25) is 0 Å². The molecule has 8 heteroatoms. The molecular weight excluding hydrogens is 438 g/mol. The third kappa shape index (κ3) is 5.43. The van der Waals surface area contributed by atoms with E-state index in [4.69, 9.17) is 4.74 Å². The van der Waals surface area contributed by atoms with Gasteiger partial charge >= 0.3 is 12.1 Å². The smallest absolute Gasteiger partial charge is 0.416 e. The van der Waals surface area contributed by atoms with Gasteiger partial charge in [0.2, 0.25) is 5.91 Å². The predicted octanol–water partition coefficient (Wildman–Crippen LogP) is 5.83. The van der Waals surface area contributed by atoms with Crippen molar-refractivity contribution in [1.29, 1.82) is 0 Å².